The van der Waals surface area contributed by atoms with Gasteiger partial charge in [-0.05, 0) is 31.2 Å². The summed E-state index contributed by atoms with van der Waals surface area (Å²) >= 11 is 1.57. The average Bonchev–Trinajstić information content (AvgIpc) is 2.99. The first kappa shape index (κ1) is 12.6. The van der Waals surface area contributed by atoms with Gasteiger partial charge in [0.05, 0.1) is 10.6 Å². The zero-order valence-corrected chi connectivity index (χ0v) is 11.9. The summed E-state index contributed by atoms with van der Waals surface area (Å²) < 4.78 is 10.8. The average molecular weight is 279 g/mol. The molecule has 6 heteroatoms. The maximum atomic E-state index is 6.00. The van der Waals surface area contributed by atoms with Crippen LogP contribution in [0.5, 0.6) is 0 Å². The van der Waals surface area contributed by atoms with E-state index >= 15 is 0 Å². The smallest absolute Gasteiger partial charge is 0.261 e. The molecule has 0 radical (unpaired) electrons. The molecule has 2 N–H and O–H groups in total. The highest BCUT2D eigenvalue weighted by atomic mass is 32.1. The molecule has 19 heavy (non-hydrogen) atoms. The maximum absolute atomic E-state index is 6.00. The zero-order chi connectivity index (χ0) is 13.4. The van der Waals surface area contributed by atoms with Crippen LogP contribution < -0.4 is 5.73 Å². The van der Waals surface area contributed by atoms with Crippen molar-refractivity contribution in [2.24, 2.45) is 5.92 Å². The number of rotatable bonds is 5. The molecule has 2 aromatic rings. The van der Waals surface area contributed by atoms with Gasteiger partial charge in [-0.2, -0.15) is 4.98 Å². The van der Waals surface area contributed by atoms with E-state index in [2.05, 4.69) is 17.1 Å². The van der Waals surface area contributed by atoms with Crippen molar-refractivity contribution in [3.05, 3.63) is 16.8 Å². The van der Waals surface area contributed by atoms with Gasteiger partial charge in [-0.1, -0.05) is 12.1 Å². The molecule has 102 valence electrons. The Labute approximate surface area is 115 Å². The fourth-order valence-corrected chi connectivity index (χ4v) is 3.03. The van der Waals surface area contributed by atoms with E-state index in [0.717, 1.165) is 17.0 Å². The zero-order valence-electron chi connectivity index (χ0n) is 11.0. The summed E-state index contributed by atoms with van der Waals surface area (Å²) in [6.07, 6.45) is 3.24. The molecule has 0 saturated heterocycles. The van der Waals surface area contributed by atoms with Gasteiger partial charge in [0.1, 0.15) is 6.10 Å². The van der Waals surface area contributed by atoms with E-state index in [1.807, 2.05) is 6.07 Å². The van der Waals surface area contributed by atoms with Crippen molar-refractivity contribution in [1.82, 2.24) is 10.1 Å². The van der Waals surface area contributed by atoms with Crippen LogP contribution in [-0.4, -0.2) is 17.3 Å². The highest BCUT2D eigenvalue weighted by Gasteiger charge is 2.35. The first-order valence-corrected chi connectivity index (χ1v) is 7.29. The topological polar surface area (TPSA) is 74.2 Å². The minimum Gasteiger partial charge on any atom is -0.390 e. The van der Waals surface area contributed by atoms with E-state index in [1.165, 1.54) is 17.7 Å². The third-order valence-corrected chi connectivity index (χ3v) is 4.50. The molecule has 0 bridgehead atoms. The lowest BCUT2D eigenvalue weighted by Crippen LogP contribution is -2.05. The number of nitrogens with two attached hydrogens (primary N) is 1. The van der Waals surface area contributed by atoms with E-state index in [4.69, 9.17) is 15.0 Å². The van der Waals surface area contributed by atoms with Gasteiger partial charge in [-0.15, -0.1) is 11.3 Å². The molecule has 0 aromatic carbocycles. The number of methoxy groups -OCH3 is 1. The molecule has 1 fully saturated rings. The Bertz CT molecular complexity index is 574. The van der Waals surface area contributed by atoms with Gasteiger partial charge in [0, 0.05) is 12.0 Å². The number of ether oxygens (including phenoxy) is 1. The van der Waals surface area contributed by atoms with Gasteiger partial charge in [0.25, 0.3) is 5.89 Å². The van der Waals surface area contributed by atoms with E-state index < -0.39 is 0 Å². The quantitative estimate of drug-likeness (QED) is 0.910. The maximum Gasteiger partial charge on any atom is 0.261 e. The second-order valence-electron chi connectivity index (χ2n) is 4.80. The third-order valence-electron chi connectivity index (χ3n) is 3.39. The van der Waals surface area contributed by atoms with Crippen molar-refractivity contribution in [2.75, 3.05) is 12.8 Å². The predicted molar refractivity (Wildman–Crippen MR) is 73.9 cm³/mol. The molecule has 1 saturated carbocycles. The number of nitrogens with zero attached hydrogens (tertiary/aromatic N) is 2. The number of nitrogen functional groups attached to an aromatic ring is 1. The molecule has 0 aliphatic heterocycles. The number of anilines is 1. The molecule has 0 spiro atoms. The van der Waals surface area contributed by atoms with E-state index in [9.17, 15) is 0 Å². The molecular weight excluding hydrogens is 262 g/mol. The molecule has 3 rings (SSSR count). The summed E-state index contributed by atoms with van der Waals surface area (Å²) in [5.41, 5.74) is 6.84. The molecule has 5 nitrogen and oxygen atoms in total. The predicted octanol–water partition coefficient (Wildman–Crippen LogP) is 3.04. The van der Waals surface area contributed by atoms with Crippen LogP contribution in [0.4, 0.5) is 5.00 Å². The summed E-state index contributed by atoms with van der Waals surface area (Å²) in [6, 6.07) is 2.02. The van der Waals surface area contributed by atoms with Crippen LogP contribution in [0.3, 0.4) is 0 Å². The first-order valence-electron chi connectivity index (χ1n) is 6.47. The fourth-order valence-electron chi connectivity index (χ4n) is 2.17. The van der Waals surface area contributed by atoms with Gasteiger partial charge in [-0.3, -0.25) is 0 Å². The lowest BCUT2D eigenvalue weighted by atomic mass is 10.2. The Morgan fingerprint density at radius 1 is 1.58 bits per heavy atom. The van der Waals surface area contributed by atoms with Crippen molar-refractivity contribution >= 4 is 16.3 Å². The number of hydrogen-bond acceptors (Lipinski definition) is 6. The van der Waals surface area contributed by atoms with Gasteiger partial charge in [-0.25, -0.2) is 0 Å². The van der Waals surface area contributed by atoms with Gasteiger partial charge >= 0.3 is 0 Å². The van der Waals surface area contributed by atoms with Gasteiger partial charge in [0.2, 0.25) is 5.82 Å². The van der Waals surface area contributed by atoms with Crippen molar-refractivity contribution in [3.8, 4) is 11.5 Å². The SMILES string of the molecule is CCc1cc(-c2nc(C(OC)C3CC3)no2)c(N)s1. The molecule has 2 heterocycles. The highest BCUT2D eigenvalue weighted by Crippen LogP contribution is 2.42. The van der Waals surface area contributed by atoms with E-state index in [1.54, 1.807) is 18.4 Å². The Morgan fingerprint density at radius 2 is 2.37 bits per heavy atom. The number of aromatic nitrogens is 2. The molecular formula is C13H17N3O2S. The summed E-state index contributed by atoms with van der Waals surface area (Å²) in [5.74, 6) is 1.65. The van der Waals surface area contributed by atoms with Crippen LogP contribution in [-0.2, 0) is 11.2 Å². The number of thiophene rings is 1. The lowest BCUT2D eigenvalue weighted by Gasteiger charge is -2.07. The van der Waals surface area contributed by atoms with Crippen LogP contribution in [0, 0.1) is 5.92 Å². The first-order chi connectivity index (χ1) is 9.22. The molecule has 2 aromatic heterocycles. The molecule has 1 aliphatic carbocycles. The summed E-state index contributed by atoms with van der Waals surface area (Å²) in [6.45, 7) is 2.10. The number of aryl methyl sites for hydroxylation is 1. The van der Waals surface area contributed by atoms with Crippen molar-refractivity contribution in [1.29, 1.82) is 0 Å². The van der Waals surface area contributed by atoms with Gasteiger partial charge in [0.15, 0.2) is 0 Å². The monoisotopic (exact) mass is 279 g/mol. The second kappa shape index (κ2) is 4.94. The summed E-state index contributed by atoms with van der Waals surface area (Å²) in [5, 5.41) is 4.77. The van der Waals surface area contributed by atoms with Crippen molar-refractivity contribution < 1.29 is 9.26 Å². The number of hydrogen-bond donors (Lipinski definition) is 1. The standard InChI is InChI=1S/C13H17N3O2S/c1-3-8-6-9(11(14)19-8)13-15-12(16-18-13)10(17-2)7-4-5-7/h6-7,10H,3-5,14H2,1-2H3. The molecule has 1 atom stereocenters. The molecule has 1 aliphatic rings. The van der Waals surface area contributed by atoms with Gasteiger partial charge < -0.3 is 15.0 Å². The minimum atomic E-state index is -0.0528. The minimum absolute atomic E-state index is 0.0528. The summed E-state index contributed by atoms with van der Waals surface area (Å²) in [4.78, 5) is 5.67. The Kier molecular flexibility index (Phi) is 3.28. The lowest BCUT2D eigenvalue weighted by molar-refractivity contribution is 0.0751. The third kappa shape index (κ3) is 2.37. The van der Waals surface area contributed by atoms with E-state index in [0.29, 0.717) is 17.6 Å². The Hall–Kier alpha value is -1.40. The van der Waals surface area contributed by atoms with Crippen LogP contribution >= 0.6 is 11.3 Å². The Morgan fingerprint density at radius 3 is 2.95 bits per heavy atom. The van der Waals surface area contributed by atoms with Crippen LogP contribution in [0.15, 0.2) is 10.6 Å². The van der Waals surface area contributed by atoms with Crippen LogP contribution in [0.2, 0.25) is 0 Å². The fraction of sp³-hybridized carbons (Fsp3) is 0.538. The Balaban J connectivity index is 1.89. The van der Waals surface area contributed by atoms with Crippen molar-refractivity contribution in [3.63, 3.8) is 0 Å². The summed E-state index contributed by atoms with van der Waals surface area (Å²) in [7, 11) is 1.69. The van der Waals surface area contributed by atoms with E-state index in [-0.39, 0.29) is 6.10 Å². The van der Waals surface area contributed by atoms with Crippen molar-refractivity contribution in [2.45, 2.75) is 32.3 Å². The largest absolute Gasteiger partial charge is 0.390 e. The second-order valence-corrected chi connectivity index (χ2v) is 5.96. The van der Waals surface area contributed by atoms with Crippen LogP contribution in [0.1, 0.15) is 36.6 Å². The molecule has 1 unspecified atom stereocenters. The van der Waals surface area contributed by atoms with Crippen LogP contribution in [0.25, 0.3) is 11.5 Å². The molecule has 0 amide bonds. The normalized spacial score (nSPS) is 16.7. The highest BCUT2D eigenvalue weighted by molar-refractivity contribution is 7.16.